The van der Waals surface area contributed by atoms with Gasteiger partial charge in [0.2, 0.25) is 5.75 Å². The summed E-state index contributed by atoms with van der Waals surface area (Å²) in [5.41, 5.74) is 5.30. The number of nitrogens with one attached hydrogen (secondary N) is 1. The Morgan fingerprint density at radius 1 is 1.24 bits per heavy atom. The zero-order chi connectivity index (χ0) is 14.7. The van der Waals surface area contributed by atoms with Crippen molar-refractivity contribution in [3.05, 3.63) is 41.7 Å². The first-order valence-electron chi connectivity index (χ1n) is 7.01. The van der Waals surface area contributed by atoms with Gasteiger partial charge in [-0.15, -0.1) is 0 Å². The Bertz CT molecular complexity index is 631. The number of hydrogen-bond acceptors (Lipinski definition) is 6. The summed E-state index contributed by atoms with van der Waals surface area (Å²) in [6, 6.07) is 8.54. The molecule has 2 heterocycles. The van der Waals surface area contributed by atoms with E-state index in [2.05, 4.69) is 44.6 Å². The molecule has 0 amide bonds. The molecule has 110 valence electrons. The minimum Gasteiger partial charge on any atom is -0.490 e. The maximum absolute atomic E-state index is 5.49. The van der Waals surface area contributed by atoms with E-state index in [4.69, 9.17) is 10.6 Å². The molecule has 1 aliphatic heterocycles. The number of aryl methyl sites for hydroxylation is 1. The van der Waals surface area contributed by atoms with Crippen molar-refractivity contribution in [2.24, 2.45) is 5.84 Å². The van der Waals surface area contributed by atoms with Gasteiger partial charge in [-0.05, 0) is 24.0 Å². The van der Waals surface area contributed by atoms with Gasteiger partial charge in [0.1, 0.15) is 6.33 Å². The number of benzene rings is 1. The van der Waals surface area contributed by atoms with Gasteiger partial charge in [-0.1, -0.05) is 24.3 Å². The summed E-state index contributed by atoms with van der Waals surface area (Å²) in [6.07, 6.45) is 3.67. The molecule has 3 rings (SSSR count). The highest BCUT2D eigenvalue weighted by molar-refractivity contribution is 5.64. The van der Waals surface area contributed by atoms with Gasteiger partial charge >= 0.3 is 0 Å². The molecule has 0 saturated carbocycles. The Morgan fingerprint density at radius 3 is 2.81 bits per heavy atom. The number of anilines is 2. The Labute approximate surface area is 123 Å². The molecule has 6 nitrogen and oxygen atoms in total. The number of fused-ring (bicyclic) bond motifs is 1. The number of ether oxygens (including phenoxy) is 1. The fourth-order valence-electron chi connectivity index (χ4n) is 2.76. The molecule has 0 aliphatic carbocycles. The highest BCUT2D eigenvalue weighted by Gasteiger charge is 2.21. The largest absolute Gasteiger partial charge is 0.490 e. The van der Waals surface area contributed by atoms with Crippen LogP contribution in [0.4, 0.5) is 11.6 Å². The van der Waals surface area contributed by atoms with Crippen molar-refractivity contribution in [1.29, 1.82) is 0 Å². The summed E-state index contributed by atoms with van der Waals surface area (Å²) in [4.78, 5) is 10.7. The lowest BCUT2D eigenvalue weighted by Gasteiger charge is -2.24. The van der Waals surface area contributed by atoms with Crippen LogP contribution in [0.25, 0.3) is 0 Å². The third kappa shape index (κ3) is 2.62. The molecule has 1 aromatic heterocycles. The van der Waals surface area contributed by atoms with Gasteiger partial charge in [-0.25, -0.2) is 15.8 Å². The Kier molecular flexibility index (Phi) is 3.87. The summed E-state index contributed by atoms with van der Waals surface area (Å²) in [5.74, 6) is 7.35. The highest BCUT2D eigenvalue weighted by Crippen LogP contribution is 2.33. The molecule has 0 fully saturated rings. The SMILES string of the molecule is COc1c(NN)ncnc1N1CCCc2ccccc2C1. The molecule has 0 atom stereocenters. The Balaban J connectivity index is 1.98. The predicted octanol–water partition coefficient (Wildman–Crippen LogP) is 1.72. The van der Waals surface area contributed by atoms with Gasteiger partial charge < -0.3 is 15.1 Å². The van der Waals surface area contributed by atoms with Crippen molar-refractivity contribution < 1.29 is 4.74 Å². The summed E-state index contributed by atoms with van der Waals surface area (Å²) in [5, 5.41) is 0. The maximum atomic E-state index is 5.49. The van der Waals surface area contributed by atoms with Crippen LogP contribution >= 0.6 is 0 Å². The van der Waals surface area contributed by atoms with Crippen LogP contribution in [-0.4, -0.2) is 23.6 Å². The van der Waals surface area contributed by atoms with Crippen molar-refractivity contribution in [1.82, 2.24) is 9.97 Å². The lowest BCUT2D eigenvalue weighted by molar-refractivity contribution is 0.412. The van der Waals surface area contributed by atoms with E-state index >= 15 is 0 Å². The van der Waals surface area contributed by atoms with Crippen molar-refractivity contribution >= 4 is 11.6 Å². The van der Waals surface area contributed by atoms with Gasteiger partial charge in [-0.3, -0.25) is 0 Å². The van der Waals surface area contributed by atoms with E-state index in [0.717, 1.165) is 31.7 Å². The fourth-order valence-corrected chi connectivity index (χ4v) is 2.76. The molecular formula is C15H19N5O. The number of hydrazine groups is 1. The number of aromatic nitrogens is 2. The molecule has 1 aromatic carbocycles. The van der Waals surface area contributed by atoms with Crippen LogP contribution < -0.4 is 20.9 Å². The number of nitrogens with zero attached hydrogens (tertiary/aromatic N) is 3. The average molecular weight is 285 g/mol. The molecule has 6 heteroatoms. The number of nitrogens with two attached hydrogens (primary N) is 1. The predicted molar refractivity (Wildman–Crippen MR) is 82.2 cm³/mol. The lowest BCUT2D eigenvalue weighted by Crippen LogP contribution is -2.25. The molecular weight excluding hydrogens is 266 g/mol. The van der Waals surface area contributed by atoms with E-state index in [1.54, 1.807) is 7.11 Å². The van der Waals surface area contributed by atoms with Gasteiger partial charge in [0.15, 0.2) is 11.6 Å². The van der Waals surface area contributed by atoms with E-state index in [-0.39, 0.29) is 0 Å². The summed E-state index contributed by atoms with van der Waals surface area (Å²) < 4.78 is 5.44. The highest BCUT2D eigenvalue weighted by atomic mass is 16.5. The van der Waals surface area contributed by atoms with Crippen LogP contribution in [0, 0.1) is 0 Å². The quantitative estimate of drug-likeness (QED) is 0.660. The second-order valence-corrected chi connectivity index (χ2v) is 5.02. The maximum Gasteiger partial charge on any atom is 0.205 e. The van der Waals surface area contributed by atoms with E-state index in [1.807, 2.05) is 0 Å². The lowest BCUT2D eigenvalue weighted by atomic mass is 10.0. The van der Waals surface area contributed by atoms with Crippen LogP contribution in [0.5, 0.6) is 5.75 Å². The molecule has 0 saturated heterocycles. The van der Waals surface area contributed by atoms with E-state index in [9.17, 15) is 0 Å². The Morgan fingerprint density at radius 2 is 2.05 bits per heavy atom. The molecule has 0 unspecified atom stereocenters. The average Bonchev–Trinajstić information content (AvgIpc) is 2.76. The first kappa shape index (κ1) is 13.6. The number of nitrogen functional groups attached to an aromatic ring is 1. The van der Waals surface area contributed by atoms with Crippen LogP contribution in [0.15, 0.2) is 30.6 Å². The van der Waals surface area contributed by atoms with Gasteiger partial charge in [-0.2, -0.15) is 0 Å². The van der Waals surface area contributed by atoms with Crippen molar-refractivity contribution in [3.8, 4) is 5.75 Å². The smallest absolute Gasteiger partial charge is 0.205 e. The van der Waals surface area contributed by atoms with Crippen LogP contribution in [-0.2, 0) is 13.0 Å². The third-order valence-corrected chi connectivity index (χ3v) is 3.78. The number of rotatable bonds is 3. The molecule has 0 bridgehead atoms. The van der Waals surface area contributed by atoms with Gasteiger partial charge in [0.25, 0.3) is 0 Å². The monoisotopic (exact) mass is 285 g/mol. The van der Waals surface area contributed by atoms with E-state index < -0.39 is 0 Å². The zero-order valence-corrected chi connectivity index (χ0v) is 12.0. The zero-order valence-electron chi connectivity index (χ0n) is 12.0. The number of methoxy groups -OCH3 is 1. The fraction of sp³-hybridized carbons (Fsp3) is 0.333. The van der Waals surface area contributed by atoms with Crippen LogP contribution in [0.3, 0.4) is 0 Å². The molecule has 0 spiro atoms. The van der Waals surface area contributed by atoms with E-state index in [1.165, 1.54) is 17.5 Å². The topological polar surface area (TPSA) is 76.3 Å². The van der Waals surface area contributed by atoms with Crippen LogP contribution in [0.1, 0.15) is 17.5 Å². The number of hydrogen-bond donors (Lipinski definition) is 2. The van der Waals surface area contributed by atoms with Gasteiger partial charge in [0, 0.05) is 13.1 Å². The van der Waals surface area contributed by atoms with E-state index in [0.29, 0.717) is 11.6 Å². The standard InChI is InChI=1S/C15H19N5O/c1-21-13-14(19-16)17-10-18-15(13)20-8-4-7-11-5-2-3-6-12(11)9-20/h2-3,5-6,10H,4,7-9,16H2,1H3,(H,17,18,19). The minimum absolute atomic E-state index is 0.500. The van der Waals surface area contributed by atoms with Crippen molar-refractivity contribution in [2.45, 2.75) is 19.4 Å². The molecule has 0 radical (unpaired) electrons. The summed E-state index contributed by atoms with van der Waals surface area (Å²) in [7, 11) is 1.61. The van der Waals surface area contributed by atoms with Gasteiger partial charge in [0.05, 0.1) is 7.11 Å². The molecule has 21 heavy (non-hydrogen) atoms. The molecule has 1 aliphatic rings. The second kappa shape index (κ2) is 5.97. The first-order chi connectivity index (χ1) is 10.3. The molecule has 3 N–H and O–H groups in total. The van der Waals surface area contributed by atoms with Crippen molar-refractivity contribution in [3.63, 3.8) is 0 Å². The summed E-state index contributed by atoms with van der Waals surface area (Å²) >= 11 is 0. The second-order valence-electron chi connectivity index (χ2n) is 5.02. The van der Waals surface area contributed by atoms with Crippen molar-refractivity contribution in [2.75, 3.05) is 24.0 Å². The third-order valence-electron chi connectivity index (χ3n) is 3.78. The minimum atomic E-state index is 0.500. The first-order valence-corrected chi connectivity index (χ1v) is 7.01. The Hall–Kier alpha value is -2.34. The normalized spacial score (nSPS) is 14.3. The summed E-state index contributed by atoms with van der Waals surface area (Å²) in [6.45, 7) is 1.74. The molecule has 2 aromatic rings. The van der Waals surface area contributed by atoms with Crippen LogP contribution in [0.2, 0.25) is 0 Å².